The summed E-state index contributed by atoms with van der Waals surface area (Å²) in [6.45, 7) is 4.73. The molecule has 0 aromatic heterocycles. The van der Waals surface area contributed by atoms with E-state index in [-0.39, 0.29) is 18.2 Å². The van der Waals surface area contributed by atoms with Gasteiger partial charge in [0.25, 0.3) is 5.91 Å². The molecule has 130 valence electrons. The lowest BCUT2D eigenvalue weighted by Gasteiger charge is -2.31. The summed E-state index contributed by atoms with van der Waals surface area (Å²) in [7, 11) is 0. The largest absolute Gasteiger partial charge is 0.494 e. The Labute approximate surface area is 143 Å². The number of amides is 2. The molecule has 0 unspecified atom stereocenters. The maximum Gasteiger partial charge on any atom is 0.251 e. The topological polar surface area (TPSA) is 58.6 Å². The Bertz CT molecular complexity index is 599. The molecule has 1 N–H and O–H groups in total. The van der Waals surface area contributed by atoms with Crippen LogP contribution in [0.3, 0.4) is 0 Å². The first-order valence-corrected chi connectivity index (χ1v) is 8.96. The molecule has 1 aliphatic heterocycles. The molecule has 1 aromatic carbocycles. The zero-order valence-corrected chi connectivity index (χ0v) is 14.5. The molecular weight excluding hydrogens is 304 g/mol. The molecule has 5 nitrogen and oxygen atoms in total. The van der Waals surface area contributed by atoms with Crippen LogP contribution in [0.4, 0.5) is 5.69 Å². The quantitative estimate of drug-likeness (QED) is 0.844. The Morgan fingerprint density at radius 3 is 2.54 bits per heavy atom. The highest BCUT2D eigenvalue weighted by molar-refractivity contribution is 6.22. The fourth-order valence-corrected chi connectivity index (χ4v) is 3.71. The summed E-state index contributed by atoms with van der Waals surface area (Å²) < 4.78 is 5.41. The Morgan fingerprint density at radius 1 is 1.17 bits per heavy atom. The van der Waals surface area contributed by atoms with Crippen LogP contribution in [0.25, 0.3) is 0 Å². The maximum atomic E-state index is 12.7. The van der Waals surface area contributed by atoms with Gasteiger partial charge in [0.15, 0.2) is 0 Å². The fraction of sp³-hybridized carbons (Fsp3) is 0.579. The van der Waals surface area contributed by atoms with Gasteiger partial charge < -0.3 is 10.1 Å². The lowest BCUT2D eigenvalue weighted by Crippen LogP contribution is -2.47. The molecule has 1 aliphatic carbocycles. The molecule has 3 atom stereocenters. The number of benzene rings is 1. The lowest BCUT2D eigenvalue weighted by molar-refractivity contribution is -0.121. The van der Waals surface area contributed by atoms with Crippen LogP contribution in [0.2, 0.25) is 0 Å². The molecule has 1 aromatic rings. The average molecular weight is 330 g/mol. The number of nitrogens with one attached hydrogen (secondary N) is 1. The van der Waals surface area contributed by atoms with Crippen molar-refractivity contribution in [3.05, 3.63) is 24.3 Å². The molecule has 1 saturated heterocycles. The second-order valence-electron chi connectivity index (χ2n) is 6.79. The number of anilines is 1. The van der Waals surface area contributed by atoms with E-state index in [1.54, 1.807) is 24.3 Å². The fourth-order valence-electron chi connectivity index (χ4n) is 3.71. The van der Waals surface area contributed by atoms with Gasteiger partial charge in [0.1, 0.15) is 5.75 Å². The van der Waals surface area contributed by atoms with Crippen molar-refractivity contribution in [1.82, 2.24) is 5.32 Å². The molecule has 2 aliphatic rings. The maximum absolute atomic E-state index is 12.7. The van der Waals surface area contributed by atoms with Gasteiger partial charge in [-0.1, -0.05) is 19.8 Å². The minimum absolute atomic E-state index is 0.134. The van der Waals surface area contributed by atoms with Crippen molar-refractivity contribution in [1.29, 1.82) is 0 Å². The third kappa shape index (κ3) is 3.46. The summed E-state index contributed by atoms with van der Waals surface area (Å²) >= 11 is 0. The Morgan fingerprint density at radius 2 is 1.88 bits per heavy atom. The van der Waals surface area contributed by atoms with Gasteiger partial charge in [-0.05, 0) is 49.9 Å². The molecule has 0 bridgehead atoms. The Balaban J connectivity index is 1.69. The number of carbonyl (C=O) groups excluding carboxylic acids is 2. The van der Waals surface area contributed by atoms with E-state index in [1.165, 1.54) is 24.2 Å². The van der Waals surface area contributed by atoms with Crippen LogP contribution >= 0.6 is 0 Å². The van der Waals surface area contributed by atoms with E-state index < -0.39 is 6.04 Å². The van der Waals surface area contributed by atoms with Gasteiger partial charge in [-0.3, -0.25) is 9.59 Å². The summed E-state index contributed by atoms with van der Waals surface area (Å²) in [6.07, 6.45) is 4.97. The highest BCUT2D eigenvalue weighted by atomic mass is 16.5. The number of hydrogen-bond acceptors (Lipinski definition) is 4. The smallest absolute Gasteiger partial charge is 0.251 e. The van der Waals surface area contributed by atoms with Gasteiger partial charge in [0.2, 0.25) is 5.91 Å². The monoisotopic (exact) mass is 330 g/mol. The van der Waals surface area contributed by atoms with E-state index >= 15 is 0 Å². The first-order chi connectivity index (χ1) is 11.6. The van der Waals surface area contributed by atoms with Crippen LogP contribution < -0.4 is 15.0 Å². The van der Waals surface area contributed by atoms with Gasteiger partial charge in [-0.25, -0.2) is 4.90 Å². The number of rotatable bonds is 5. The van der Waals surface area contributed by atoms with E-state index in [1.807, 2.05) is 6.92 Å². The molecule has 24 heavy (non-hydrogen) atoms. The van der Waals surface area contributed by atoms with Crippen molar-refractivity contribution < 1.29 is 14.3 Å². The van der Waals surface area contributed by atoms with Crippen LogP contribution in [0.15, 0.2) is 24.3 Å². The first-order valence-electron chi connectivity index (χ1n) is 8.96. The number of carbonyl (C=O) groups is 2. The first kappa shape index (κ1) is 17.0. The Hall–Kier alpha value is -1.88. The van der Waals surface area contributed by atoms with Crippen molar-refractivity contribution in [2.45, 2.75) is 58.0 Å². The number of ether oxygens (including phenoxy) is 1. The third-order valence-corrected chi connectivity index (χ3v) is 5.08. The summed E-state index contributed by atoms with van der Waals surface area (Å²) in [5, 5.41) is 3.44. The predicted molar refractivity (Wildman–Crippen MR) is 93.1 cm³/mol. The van der Waals surface area contributed by atoms with Gasteiger partial charge in [-0.15, -0.1) is 0 Å². The van der Waals surface area contributed by atoms with Crippen LogP contribution in [0.1, 0.15) is 46.0 Å². The average Bonchev–Trinajstić information content (AvgIpc) is 2.85. The number of imide groups is 1. The molecule has 0 radical (unpaired) electrons. The zero-order chi connectivity index (χ0) is 17.1. The molecule has 1 heterocycles. The lowest BCUT2D eigenvalue weighted by atomic mass is 9.85. The summed E-state index contributed by atoms with van der Waals surface area (Å²) in [6, 6.07) is 7.07. The van der Waals surface area contributed by atoms with Gasteiger partial charge in [0, 0.05) is 6.04 Å². The number of hydrogen-bond donors (Lipinski definition) is 1. The minimum atomic E-state index is -0.394. The normalized spacial score (nSPS) is 27.6. The van der Waals surface area contributed by atoms with Crippen LogP contribution in [-0.2, 0) is 9.59 Å². The molecule has 1 saturated carbocycles. The van der Waals surface area contributed by atoms with Gasteiger partial charge >= 0.3 is 0 Å². The molecule has 0 spiro atoms. The van der Waals surface area contributed by atoms with E-state index in [0.717, 1.165) is 12.2 Å². The van der Waals surface area contributed by atoms with Crippen LogP contribution in [0, 0.1) is 5.92 Å². The van der Waals surface area contributed by atoms with E-state index in [9.17, 15) is 9.59 Å². The molecular formula is C19H26N2O3. The van der Waals surface area contributed by atoms with Crippen molar-refractivity contribution in [2.24, 2.45) is 5.92 Å². The highest BCUT2D eigenvalue weighted by Gasteiger charge is 2.41. The molecule has 2 amide bonds. The van der Waals surface area contributed by atoms with Crippen molar-refractivity contribution >= 4 is 17.5 Å². The highest BCUT2D eigenvalue weighted by Crippen LogP contribution is 2.28. The summed E-state index contributed by atoms with van der Waals surface area (Å²) in [4.78, 5) is 26.4. The molecule has 5 heteroatoms. The van der Waals surface area contributed by atoms with Crippen LogP contribution in [0.5, 0.6) is 5.75 Å². The molecule has 3 rings (SSSR count). The van der Waals surface area contributed by atoms with Crippen molar-refractivity contribution in [3.8, 4) is 5.75 Å². The minimum Gasteiger partial charge on any atom is -0.494 e. The summed E-state index contributed by atoms with van der Waals surface area (Å²) in [5.41, 5.74) is 0.620. The van der Waals surface area contributed by atoms with Gasteiger partial charge in [0.05, 0.1) is 24.8 Å². The van der Waals surface area contributed by atoms with E-state index in [2.05, 4.69) is 12.2 Å². The zero-order valence-electron chi connectivity index (χ0n) is 14.5. The SMILES string of the molecule is CCOc1ccc(N2C(=O)C[C@@H](N[C@@H]3CCCC[C@@H]3C)C2=O)cc1. The van der Waals surface area contributed by atoms with E-state index in [0.29, 0.717) is 24.3 Å². The third-order valence-electron chi connectivity index (χ3n) is 5.08. The van der Waals surface area contributed by atoms with Crippen molar-refractivity contribution in [3.63, 3.8) is 0 Å². The van der Waals surface area contributed by atoms with Gasteiger partial charge in [-0.2, -0.15) is 0 Å². The standard InChI is InChI=1S/C19H26N2O3/c1-3-24-15-10-8-14(9-11-15)21-18(22)12-17(19(21)23)20-16-7-5-4-6-13(16)2/h8-11,13,16-17,20H,3-7,12H2,1-2H3/t13-,16+,17+/m0/s1. The van der Waals surface area contributed by atoms with E-state index in [4.69, 9.17) is 4.74 Å². The van der Waals surface area contributed by atoms with Crippen LogP contribution in [-0.4, -0.2) is 30.5 Å². The van der Waals surface area contributed by atoms with Crippen molar-refractivity contribution in [2.75, 3.05) is 11.5 Å². The molecule has 2 fully saturated rings. The second kappa shape index (κ2) is 7.34. The summed E-state index contributed by atoms with van der Waals surface area (Å²) in [5.74, 6) is 1.03. The predicted octanol–water partition coefficient (Wildman–Crippen LogP) is 2.89. The second-order valence-corrected chi connectivity index (χ2v) is 6.79. The number of nitrogens with zero attached hydrogens (tertiary/aromatic N) is 1. The Kier molecular flexibility index (Phi) is 5.19.